The van der Waals surface area contributed by atoms with E-state index in [0.29, 0.717) is 39.3 Å². The van der Waals surface area contributed by atoms with Gasteiger partial charge in [-0.15, -0.1) is 11.3 Å². The maximum Gasteiger partial charge on any atom is 0.435 e. The van der Waals surface area contributed by atoms with Crippen molar-refractivity contribution in [1.29, 1.82) is 0 Å². The third-order valence-electron chi connectivity index (χ3n) is 10.6. The number of rotatable bonds is 7. The summed E-state index contributed by atoms with van der Waals surface area (Å²) in [5, 5.41) is 19.3. The van der Waals surface area contributed by atoms with Gasteiger partial charge in [0, 0.05) is 85.9 Å². The molecule has 2 aliphatic rings. The maximum atomic E-state index is 12.2. The zero-order valence-electron chi connectivity index (χ0n) is 44.1. The van der Waals surface area contributed by atoms with Gasteiger partial charge in [0.2, 0.25) is 10.6 Å². The molecule has 0 saturated carbocycles. The number of aromatic nitrogens is 7. The molecule has 9 aromatic rings. The molecule has 0 spiro atoms. The normalized spacial score (nSPS) is 13.2. The SMILES string of the molecule is C.CC(=O)c1cc2ccc(Br)cc2[nH]1.CC(C)(C)OC(=O)n1ncc2cc(Nc3ccnc(Cl)n3)ccc21.CC(C)N.Clc1nccc(Cc2cccc(C3=CCN=C3)c2)n1.NC1CCOC1.O=C(O)c1cc2ccc(Br)cc2s1. The summed E-state index contributed by atoms with van der Waals surface area (Å²) in [6.07, 6.45) is 10.2. The average molecular weight is 1270 g/mol. The summed E-state index contributed by atoms with van der Waals surface area (Å²) in [5.74, 6) is -0.224. The van der Waals surface area contributed by atoms with E-state index < -0.39 is 17.7 Å². The number of fused-ring (bicyclic) bond motifs is 3. The predicted octanol–water partition coefficient (Wildman–Crippen LogP) is 14.4. The first-order chi connectivity index (χ1) is 37.6. The molecule has 7 heterocycles. The number of H-pyrrole nitrogens is 1. The van der Waals surface area contributed by atoms with Crippen LogP contribution in [0.5, 0.6) is 0 Å². The Morgan fingerprint density at radius 3 is 2.23 bits per heavy atom. The smallest absolute Gasteiger partial charge is 0.435 e. The molecule has 1 atom stereocenters. The van der Waals surface area contributed by atoms with Crippen molar-refractivity contribution < 1.29 is 29.0 Å². The summed E-state index contributed by atoms with van der Waals surface area (Å²) in [4.78, 5) is 57.5. The van der Waals surface area contributed by atoms with Crippen LogP contribution in [-0.4, -0.2) is 101 Å². The van der Waals surface area contributed by atoms with Crippen molar-refractivity contribution in [1.82, 2.24) is 34.7 Å². The first-order valence-corrected chi connectivity index (χ1v) is 27.8. The summed E-state index contributed by atoms with van der Waals surface area (Å²) in [5.41, 5.74) is 17.5. The highest BCUT2D eigenvalue weighted by molar-refractivity contribution is 9.10. The van der Waals surface area contributed by atoms with E-state index >= 15 is 0 Å². The van der Waals surface area contributed by atoms with Crippen LogP contribution in [-0.2, 0) is 15.9 Å². The molecule has 80 heavy (non-hydrogen) atoms. The number of carbonyl (C=O) groups is 3. The number of nitrogens with one attached hydrogen (secondary N) is 2. The summed E-state index contributed by atoms with van der Waals surface area (Å²) in [6.45, 7) is 13.3. The van der Waals surface area contributed by atoms with Crippen LogP contribution in [0.15, 0.2) is 142 Å². The molecule has 11 rings (SSSR count). The number of aromatic amines is 1. The fourth-order valence-corrected chi connectivity index (χ4v) is 9.28. The number of Topliss-reactive ketones (excluding diaryl/α,β-unsaturated/α-hetero) is 1. The van der Waals surface area contributed by atoms with Crippen molar-refractivity contribution >= 4 is 139 Å². The third kappa shape index (κ3) is 20.7. The molecule has 0 radical (unpaired) electrons. The molecule has 17 nitrogen and oxygen atoms in total. The number of nitrogens with two attached hydrogens (primary N) is 2. The fourth-order valence-electron chi connectivity index (χ4n) is 7.15. The second-order valence-corrected chi connectivity index (χ2v) is 22.5. The Morgan fingerprint density at radius 2 is 1.61 bits per heavy atom. The van der Waals surface area contributed by atoms with Crippen LogP contribution in [0.1, 0.15) is 92.4 Å². The number of carboxylic acid groups (broad SMARTS) is 1. The fraction of sp³-hybridized carbons (Fsp3) is 0.259. The molecule has 5 aromatic heterocycles. The monoisotopic (exact) mass is 1270 g/mol. The molecule has 1 saturated heterocycles. The van der Waals surface area contributed by atoms with Gasteiger partial charge in [0.25, 0.3) is 0 Å². The lowest BCUT2D eigenvalue weighted by atomic mass is 10.0. The minimum absolute atomic E-state index is 0. The van der Waals surface area contributed by atoms with Crippen LogP contribution in [0.2, 0.25) is 10.6 Å². The quantitative estimate of drug-likeness (QED) is 0.0735. The summed E-state index contributed by atoms with van der Waals surface area (Å²) >= 11 is 19.6. The molecule has 4 aromatic carbocycles. The van der Waals surface area contributed by atoms with Gasteiger partial charge in [-0.2, -0.15) is 9.78 Å². The first kappa shape index (κ1) is 64.1. The van der Waals surface area contributed by atoms with Crippen molar-refractivity contribution in [2.75, 3.05) is 25.1 Å². The van der Waals surface area contributed by atoms with Gasteiger partial charge < -0.3 is 36.3 Å². The van der Waals surface area contributed by atoms with E-state index in [2.05, 4.69) is 103 Å². The first-order valence-electron chi connectivity index (χ1n) is 24.6. The molecule has 0 aliphatic carbocycles. The number of allylic oxidation sites excluding steroid dienone is 1. The van der Waals surface area contributed by atoms with Crippen molar-refractivity contribution in [2.45, 2.75) is 79.5 Å². The number of carbonyl (C=O) groups excluding carboxylic acids is 2. The Hall–Kier alpha value is -6.75. The largest absolute Gasteiger partial charge is 0.477 e. The number of halogens is 4. The Morgan fingerprint density at radius 1 is 0.912 bits per heavy atom. The number of ketones is 1. The van der Waals surface area contributed by atoms with Crippen LogP contribution in [0.4, 0.5) is 16.3 Å². The Kier molecular flexibility index (Phi) is 24.6. The number of hydrogen-bond acceptors (Lipinski definition) is 15. The van der Waals surface area contributed by atoms with E-state index in [0.717, 1.165) is 79.3 Å². The van der Waals surface area contributed by atoms with Gasteiger partial charge in [0.05, 0.1) is 30.6 Å². The van der Waals surface area contributed by atoms with Gasteiger partial charge in [-0.25, -0.2) is 29.5 Å². The minimum Gasteiger partial charge on any atom is -0.477 e. The lowest BCUT2D eigenvalue weighted by molar-refractivity contribution is 0.0522. The van der Waals surface area contributed by atoms with Gasteiger partial charge in [-0.1, -0.05) is 95.6 Å². The highest BCUT2D eigenvalue weighted by Crippen LogP contribution is 2.29. The molecule has 0 amide bonds. The standard InChI is InChI=1S/C16H16ClN5O2.C15H12ClN3.C10H8BrNO.C9H5BrO2S.C4H9NO.C3H9N.CH4/c1-16(2,3)24-15(23)22-12-5-4-11(8-10(12)9-19-22)20-13-6-7-18-14(17)21-13;16-15-18-7-5-14(19-15)9-11-2-1-3-12(8-11)13-4-6-17-10-13;1-6(13)9-4-7-2-3-8(11)5-10(7)12-9;10-6-2-1-5-3-8(9(11)12)13-7(5)4-6;5-4-1-2-6-3-4;1-3(2)4;/h4-9H,1-3H3,(H,18,20,21);1-5,7-8,10H,6,9H2;2-5,12H,1H3;1-4H,(H,11,12);4H,1-3,5H2;3H,4H2,1-2H3;1H4. The van der Waals surface area contributed by atoms with Gasteiger partial charge in [0.1, 0.15) is 16.3 Å². The van der Waals surface area contributed by atoms with Gasteiger partial charge in [0.15, 0.2) is 5.78 Å². The van der Waals surface area contributed by atoms with E-state index in [-0.39, 0.29) is 18.5 Å². The third-order valence-corrected chi connectivity index (χ3v) is 13.1. The van der Waals surface area contributed by atoms with E-state index in [1.807, 2.05) is 101 Å². The van der Waals surface area contributed by atoms with Crippen molar-refractivity contribution in [2.24, 2.45) is 16.5 Å². The molecule has 0 bridgehead atoms. The molecule has 1 fully saturated rings. The van der Waals surface area contributed by atoms with Gasteiger partial charge >= 0.3 is 12.1 Å². The van der Waals surface area contributed by atoms with Gasteiger partial charge in [-0.05, 0) is 145 Å². The molecule has 2 aliphatic heterocycles. The summed E-state index contributed by atoms with van der Waals surface area (Å²) in [6, 6.07) is 33.3. The highest BCUT2D eigenvalue weighted by Gasteiger charge is 2.20. The summed E-state index contributed by atoms with van der Waals surface area (Å²) < 4.78 is 14.5. The number of ether oxygens (including phenoxy) is 2. The topological polar surface area (TPSA) is 251 Å². The lowest BCUT2D eigenvalue weighted by Crippen LogP contribution is -2.27. The average Bonchev–Trinajstić information content (AvgIpc) is 4.26. The summed E-state index contributed by atoms with van der Waals surface area (Å²) in [7, 11) is 0. The van der Waals surface area contributed by atoms with Crippen LogP contribution in [0.3, 0.4) is 0 Å². The molecular weight excluding hydrogens is 1210 g/mol. The lowest BCUT2D eigenvalue weighted by Gasteiger charge is -2.19. The van der Waals surface area contributed by atoms with Crippen LogP contribution < -0.4 is 16.8 Å². The number of thiophene rings is 1. The van der Waals surface area contributed by atoms with Crippen LogP contribution >= 0.6 is 66.4 Å². The van der Waals surface area contributed by atoms with Crippen molar-refractivity contribution in [3.8, 4) is 0 Å². The second kappa shape index (κ2) is 30.7. The van der Waals surface area contributed by atoms with E-state index in [1.165, 1.54) is 32.7 Å². The number of carboxylic acids is 1. The Balaban J connectivity index is 0.000000189. The molecular formula is C58H63Br2Cl2N11O6S. The number of nitrogens with zero attached hydrogens (tertiary/aromatic N) is 7. The molecule has 22 heteroatoms. The second-order valence-electron chi connectivity index (χ2n) is 18.9. The molecule has 7 N–H and O–H groups in total. The Labute approximate surface area is 495 Å². The molecule has 1 unspecified atom stereocenters. The van der Waals surface area contributed by atoms with Gasteiger partial charge in [-0.3, -0.25) is 9.79 Å². The maximum absolute atomic E-state index is 12.2. The number of benzene rings is 4. The van der Waals surface area contributed by atoms with E-state index in [4.69, 9.17) is 49.2 Å². The molecule has 420 valence electrons. The van der Waals surface area contributed by atoms with E-state index in [9.17, 15) is 14.4 Å². The van der Waals surface area contributed by atoms with Crippen molar-refractivity contribution in [3.05, 3.63) is 175 Å². The van der Waals surface area contributed by atoms with Crippen LogP contribution in [0, 0.1) is 0 Å². The predicted molar refractivity (Wildman–Crippen MR) is 331 cm³/mol. The van der Waals surface area contributed by atoms with Crippen LogP contribution in [0.25, 0.3) is 37.5 Å². The zero-order chi connectivity index (χ0) is 57.2. The number of hydrogen-bond donors (Lipinski definition) is 5. The van der Waals surface area contributed by atoms with Crippen molar-refractivity contribution in [3.63, 3.8) is 0 Å². The highest BCUT2D eigenvalue weighted by atomic mass is 79.9. The van der Waals surface area contributed by atoms with E-state index in [1.54, 1.807) is 43.7 Å². The zero-order valence-corrected chi connectivity index (χ0v) is 49.6. The minimum atomic E-state index is -0.864. The number of anilines is 2. The number of aromatic carboxylic acids is 1. The number of aliphatic imine (C=N–C) groups is 1. The Bertz CT molecular complexity index is 3500.